The van der Waals surface area contributed by atoms with E-state index in [9.17, 15) is 61.0 Å². The van der Waals surface area contributed by atoms with Crippen LogP contribution >= 0.6 is 0 Å². The summed E-state index contributed by atoms with van der Waals surface area (Å²) in [6, 6.07) is 0. The van der Waals surface area contributed by atoms with E-state index in [0.717, 1.165) is 31.3 Å². The van der Waals surface area contributed by atoms with Crippen LogP contribution in [-0.4, -0.2) is 180 Å². The zero-order valence-electron chi connectivity index (χ0n) is 31.7. The van der Waals surface area contributed by atoms with Crippen molar-refractivity contribution in [2.24, 2.45) is 34.0 Å². The largest absolute Gasteiger partial charge is 0.432 e. The van der Waals surface area contributed by atoms with Crippen LogP contribution in [0, 0.1) is 34.0 Å². The smallest absolute Gasteiger partial charge is 0.314 e. The van der Waals surface area contributed by atoms with Gasteiger partial charge in [0, 0.05) is 5.92 Å². The number of carbonyl (C=O) groups is 1. The maximum atomic E-state index is 14.2. The molecule has 0 aromatic rings. The van der Waals surface area contributed by atoms with Crippen molar-refractivity contribution in [2.75, 3.05) is 19.8 Å². The van der Waals surface area contributed by atoms with E-state index < -0.39 is 135 Å². The molecule has 11 N–H and O–H groups in total. The Morgan fingerprint density at radius 2 is 1.25 bits per heavy atom. The molecule has 0 radical (unpaired) electrons. The number of fused-ring (bicyclic) bond motifs is 3. The first-order chi connectivity index (χ1) is 26.4. The van der Waals surface area contributed by atoms with Crippen LogP contribution in [0.15, 0.2) is 12.2 Å². The number of hydrogen-bond acceptors (Lipinski definition) is 18. The first-order valence-corrected chi connectivity index (χ1v) is 19.9. The summed E-state index contributed by atoms with van der Waals surface area (Å²) in [7, 11) is 0. The van der Waals surface area contributed by atoms with Crippen LogP contribution in [0.1, 0.15) is 65.2 Å². The molecule has 0 aromatic carbocycles. The number of rotatable bonds is 9. The molecule has 7 rings (SSSR count). The predicted octanol–water partition coefficient (Wildman–Crippen LogP) is -3.08. The highest BCUT2D eigenvalue weighted by Gasteiger charge is 2.68. The normalized spacial score (nSPS) is 54.6. The third kappa shape index (κ3) is 6.88. The quantitative estimate of drug-likeness (QED) is 0.0626. The molecule has 7 aliphatic rings. The van der Waals surface area contributed by atoms with Gasteiger partial charge in [-0.1, -0.05) is 25.5 Å². The number of ether oxygens (including phenoxy) is 6. The maximum absolute atomic E-state index is 14.2. The summed E-state index contributed by atoms with van der Waals surface area (Å²) in [5.74, 6) is -0.943. The molecule has 3 saturated heterocycles. The van der Waals surface area contributed by atoms with Crippen molar-refractivity contribution in [3.05, 3.63) is 12.2 Å². The second-order valence-corrected chi connectivity index (χ2v) is 17.9. The van der Waals surface area contributed by atoms with Crippen molar-refractivity contribution < 1.29 is 89.4 Å². The Balaban J connectivity index is 1.13. The van der Waals surface area contributed by atoms with E-state index in [1.165, 1.54) is 0 Å². The minimum atomic E-state index is -1.81. The molecule has 22 atom stereocenters. The first-order valence-electron chi connectivity index (χ1n) is 19.9. The number of aliphatic hydroxyl groups is 11. The SMILES string of the molecule is C=C1C[C@@]23CC[C@@H]4[C@@](C)(CCC[C@@]4(C)C(=O)O[C@H]4O[C@@H](CO)[C@H](O)[C@@H](O)[C@@H]4O)[C@H]2C[C@H](O[C@H]2O[C@H](CO)[C@@H](O)[C@H](O)[C@H]2O[C@@H]2O[C@H](CO)[C@@H](O)[C@H](O)[C@H]2O)[C@H]1C3. The molecule has 0 unspecified atom stereocenters. The van der Waals surface area contributed by atoms with Gasteiger partial charge in [0.15, 0.2) is 12.6 Å². The first kappa shape index (κ1) is 42.7. The van der Waals surface area contributed by atoms with E-state index in [1.54, 1.807) is 0 Å². The monoisotopic (exact) mass is 804 g/mol. The van der Waals surface area contributed by atoms with Crippen molar-refractivity contribution in [1.29, 1.82) is 0 Å². The predicted molar refractivity (Wildman–Crippen MR) is 186 cm³/mol. The maximum Gasteiger partial charge on any atom is 0.314 e. The van der Waals surface area contributed by atoms with Crippen molar-refractivity contribution in [2.45, 2.75) is 163 Å². The molecular formula is C38H60O18. The Bertz CT molecular complexity index is 1430. The van der Waals surface area contributed by atoms with Crippen LogP contribution in [0.25, 0.3) is 0 Å². The van der Waals surface area contributed by atoms with Crippen molar-refractivity contribution in [1.82, 2.24) is 0 Å². The minimum Gasteiger partial charge on any atom is -0.432 e. The summed E-state index contributed by atoms with van der Waals surface area (Å²) in [6.45, 7) is 6.43. The molecule has 3 aliphatic heterocycles. The molecule has 18 heteroatoms. The third-order valence-electron chi connectivity index (χ3n) is 14.9. The minimum absolute atomic E-state index is 0.00788. The van der Waals surface area contributed by atoms with E-state index in [-0.39, 0.29) is 23.2 Å². The second kappa shape index (κ2) is 15.9. The van der Waals surface area contributed by atoms with Gasteiger partial charge in [-0.05, 0) is 74.5 Å². The van der Waals surface area contributed by atoms with Gasteiger partial charge in [-0.25, -0.2) is 0 Å². The Hall–Kier alpha value is -1.43. The molecule has 2 bridgehead atoms. The average molecular weight is 805 g/mol. The number of carbonyl (C=O) groups excluding carboxylic acids is 1. The van der Waals surface area contributed by atoms with E-state index in [0.29, 0.717) is 25.7 Å². The lowest BCUT2D eigenvalue weighted by molar-refractivity contribution is -0.374. The van der Waals surface area contributed by atoms with Gasteiger partial charge in [0.2, 0.25) is 6.29 Å². The lowest BCUT2D eigenvalue weighted by Crippen LogP contribution is -2.65. The summed E-state index contributed by atoms with van der Waals surface area (Å²) in [5.41, 5.74) is -0.627. The van der Waals surface area contributed by atoms with Crippen LogP contribution < -0.4 is 0 Å². The summed E-state index contributed by atoms with van der Waals surface area (Å²) < 4.78 is 35.5. The van der Waals surface area contributed by atoms with E-state index in [2.05, 4.69) is 13.5 Å². The van der Waals surface area contributed by atoms with Gasteiger partial charge in [-0.15, -0.1) is 0 Å². The van der Waals surface area contributed by atoms with Gasteiger partial charge in [0.05, 0.1) is 31.3 Å². The zero-order valence-corrected chi connectivity index (χ0v) is 31.7. The second-order valence-electron chi connectivity index (χ2n) is 17.9. The highest BCUT2D eigenvalue weighted by molar-refractivity contribution is 5.77. The lowest BCUT2D eigenvalue weighted by Gasteiger charge is -2.64. The number of hydrogen-bond donors (Lipinski definition) is 11. The molecule has 0 amide bonds. The van der Waals surface area contributed by atoms with Gasteiger partial charge in [-0.2, -0.15) is 0 Å². The summed E-state index contributed by atoms with van der Waals surface area (Å²) in [4.78, 5) is 14.2. The highest BCUT2D eigenvalue weighted by Crippen LogP contribution is 2.72. The molecule has 56 heavy (non-hydrogen) atoms. The van der Waals surface area contributed by atoms with Crippen LogP contribution in [0.3, 0.4) is 0 Å². The highest BCUT2D eigenvalue weighted by atomic mass is 16.8. The molecule has 4 aliphatic carbocycles. The van der Waals surface area contributed by atoms with Crippen LogP contribution in [0.5, 0.6) is 0 Å². The number of aliphatic hydroxyl groups excluding tert-OH is 11. The average Bonchev–Trinajstić information content (AvgIpc) is 3.44. The fourth-order valence-electron chi connectivity index (χ4n) is 11.9. The van der Waals surface area contributed by atoms with Gasteiger partial charge in [-0.3, -0.25) is 4.79 Å². The summed E-state index contributed by atoms with van der Waals surface area (Å²) in [5, 5.41) is 114. The fourth-order valence-corrected chi connectivity index (χ4v) is 11.9. The molecular weight excluding hydrogens is 744 g/mol. The van der Waals surface area contributed by atoms with E-state index >= 15 is 0 Å². The zero-order chi connectivity index (χ0) is 40.6. The van der Waals surface area contributed by atoms with Gasteiger partial charge >= 0.3 is 5.97 Å². The lowest BCUT2D eigenvalue weighted by atomic mass is 9.41. The van der Waals surface area contributed by atoms with Crippen LogP contribution in [0.4, 0.5) is 0 Å². The van der Waals surface area contributed by atoms with Gasteiger partial charge in [0.1, 0.15) is 73.2 Å². The summed E-state index contributed by atoms with van der Waals surface area (Å²) >= 11 is 0. The Morgan fingerprint density at radius 1 is 0.696 bits per heavy atom. The molecule has 320 valence electrons. The Kier molecular flexibility index (Phi) is 12.1. The van der Waals surface area contributed by atoms with E-state index in [4.69, 9.17) is 28.4 Å². The van der Waals surface area contributed by atoms with Crippen molar-refractivity contribution >= 4 is 5.97 Å². The Morgan fingerprint density at radius 3 is 1.86 bits per heavy atom. The standard InChI is InChI=1S/C38H60O18/c1-15-10-38-8-5-21-36(2,6-4-7-37(21,3)35(50)56-33-30(49)27(46)24(43)19(13-40)53-33)22(38)9-17(16(15)11-38)51-34-31(28(47)25(44)20(14-41)54-34)55-32-29(48)26(45)23(42)18(12-39)52-32/h16-34,39-49H,1,4-14H2,2-3H3/t16-,17-,18+,19-,20+,21+,22+,23+,24-,25+,26-,27+,28-,29+,30-,31+,32-,33+,34-,36+,37+,38+/m0/s1. The topological polar surface area (TPSA) is 295 Å². The number of esters is 1. The van der Waals surface area contributed by atoms with Gasteiger partial charge in [0.25, 0.3) is 0 Å². The van der Waals surface area contributed by atoms with Gasteiger partial charge < -0.3 is 84.6 Å². The van der Waals surface area contributed by atoms with Crippen molar-refractivity contribution in [3.63, 3.8) is 0 Å². The Labute approximate surface area is 324 Å². The molecule has 7 fully saturated rings. The van der Waals surface area contributed by atoms with Crippen LogP contribution in [-0.2, 0) is 33.2 Å². The fraction of sp³-hybridized carbons (Fsp3) is 0.921. The molecule has 3 heterocycles. The molecule has 0 aromatic heterocycles. The van der Waals surface area contributed by atoms with E-state index in [1.807, 2.05) is 6.92 Å². The summed E-state index contributed by atoms with van der Waals surface area (Å²) in [6.07, 6.45) is -18.9. The molecule has 18 nitrogen and oxygen atoms in total. The third-order valence-corrected chi connectivity index (χ3v) is 14.9. The van der Waals surface area contributed by atoms with Crippen molar-refractivity contribution in [3.8, 4) is 0 Å². The molecule has 1 spiro atoms. The molecule has 4 saturated carbocycles. The van der Waals surface area contributed by atoms with Crippen LogP contribution in [0.2, 0.25) is 0 Å².